The van der Waals surface area contributed by atoms with Crippen molar-refractivity contribution < 1.29 is 4.79 Å². The molecule has 1 fully saturated rings. The zero-order valence-corrected chi connectivity index (χ0v) is 15.9. The summed E-state index contributed by atoms with van der Waals surface area (Å²) in [5.41, 5.74) is 2.26. The van der Waals surface area contributed by atoms with Crippen LogP contribution in [0.4, 0.5) is 10.5 Å². The summed E-state index contributed by atoms with van der Waals surface area (Å²) in [5.74, 6) is 0. The van der Waals surface area contributed by atoms with Crippen LogP contribution in [0.25, 0.3) is 10.8 Å². The van der Waals surface area contributed by atoms with Crippen molar-refractivity contribution in [2.24, 2.45) is 0 Å². The number of anilines is 1. The molecular weight excluding hydrogens is 322 g/mol. The van der Waals surface area contributed by atoms with Crippen LogP contribution >= 0.6 is 0 Å². The van der Waals surface area contributed by atoms with Crippen LogP contribution in [0.3, 0.4) is 0 Å². The third-order valence-electron chi connectivity index (χ3n) is 5.13. The summed E-state index contributed by atoms with van der Waals surface area (Å²) in [7, 11) is 0. The fourth-order valence-electron chi connectivity index (χ4n) is 3.53. The lowest BCUT2D eigenvalue weighted by Crippen LogP contribution is -2.48. The fraction of sp³-hybridized carbons (Fsp3) is 0.500. The van der Waals surface area contributed by atoms with E-state index in [1.165, 1.54) is 48.4 Å². The molecule has 0 spiro atoms. The van der Waals surface area contributed by atoms with E-state index in [0.717, 1.165) is 38.3 Å². The van der Waals surface area contributed by atoms with Gasteiger partial charge in [0, 0.05) is 31.9 Å². The maximum Gasteiger partial charge on any atom is 0.321 e. The lowest BCUT2D eigenvalue weighted by atomic mass is 10.0. The fourth-order valence-corrected chi connectivity index (χ4v) is 3.53. The number of hydrogen-bond donors (Lipinski definition) is 2. The van der Waals surface area contributed by atoms with Crippen molar-refractivity contribution in [3.63, 3.8) is 0 Å². The number of unbranched alkanes of at least 4 members (excludes halogenated alkanes) is 4. The van der Waals surface area contributed by atoms with Gasteiger partial charge in [0.25, 0.3) is 0 Å². The highest BCUT2D eigenvalue weighted by molar-refractivity contribution is 5.93. The van der Waals surface area contributed by atoms with E-state index in [-0.39, 0.29) is 6.03 Å². The third kappa shape index (κ3) is 5.21. The van der Waals surface area contributed by atoms with E-state index in [4.69, 9.17) is 0 Å². The molecule has 0 aromatic heterocycles. The first-order valence-corrected chi connectivity index (χ1v) is 10.1. The number of nitrogens with one attached hydrogen (secondary N) is 2. The second kappa shape index (κ2) is 9.58. The summed E-state index contributed by atoms with van der Waals surface area (Å²) in [5, 5.41) is 8.74. The number of urea groups is 1. The van der Waals surface area contributed by atoms with Gasteiger partial charge in [-0.05, 0) is 41.3 Å². The van der Waals surface area contributed by atoms with Crippen LogP contribution in [-0.2, 0) is 6.42 Å². The van der Waals surface area contributed by atoms with Crippen LogP contribution in [0.15, 0.2) is 36.4 Å². The van der Waals surface area contributed by atoms with Gasteiger partial charge in [-0.15, -0.1) is 0 Å². The van der Waals surface area contributed by atoms with Crippen LogP contribution in [-0.4, -0.2) is 37.1 Å². The molecule has 0 atom stereocenters. The van der Waals surface area contributed by atoms with Crippen molar-refractivity contribution in [3.05, 3.63) is 42.0 Å². The van der Waals surface area contributed by atoms with Crippen LogP contribution < -0.4 is 10.6 Å². The van der Waals surface area contributed by atoms with Crippen LogP contribution in [0.5, 0.6) is 0 Å². The third-order valence-corrected chi connectivity index (χ3v) is 5.13. The topological polar surface area (TPSA) is 44.4 Å². The van der Waals surface area contributed by atoms with Gasteiger partial charge in [0.2, 0.25) is 0 Å². The number of benzene rings is 2. The Balaban J connectivity index is 1.61. The first-order valence-electron chi connectivity index (χ1n) is 10.1. The summed E-state index contributed by atoms with van der Waals surface area (Å²) in [4.78, 5) is 14.3. The number of carbonyl (C=O) groups excluding carboxylic acids is 1. The van der Waals surface area contributed by atoms with Crippen LogP contribution in [0, 0.1) is 0 Å². The Morgan fingerprint density at radius 2 is 1.77 bits per heavy atom. The number of rotatable bonds is 7. The first kappa shape index (κ1) is 18.7. The normalized spacial score (nSPS) is 14.6. The summed E-state index contributed by atoms with van der Waals surface area (Å²) in [6, 6.07) is 12.9. The molecule has 0 unspecified atom stereocenters. The minimum atomic E-state index is -0.00192. The molecule has 26 heavy (non-hydrogen) atoms. The molecule has 0 bridgehead atoms. The summed E-state index contributed by atoms with van der Waals surface area (Å²) < 4.78 is 0. The van der Waals surface area contributed by atoms with E-state index in [2.05, 4.69) is 47.9 Å². The Morgan fingerprint density at radius 3 is 2.58 bits per heavy atom. The Kier molecular flexibility index (Phi) is 6.89. The van der Waals surface area contributed by atoms with Gasteiger partial charge in [-0.3, -0.25) is 0 Å². The number of piperazine rings is 1. The van der Waals surface area contributed by atoms with Gasteiger partial charge in [0.15, 0.2) is 0 Å². The number of carbonyl (C=O) groups is 1. The molecule has 2 aromatic rings. The maximum atomic E-state index is 12.4. The maximum absolute atomic E-state index is 12.4. The molecule has 0 saturated carbocycles. The van der Waals surface area contributed by atoms with Gasteiger partial charge in [0.05, 0.1) is 0 Å². The molecule has 1 saturated heterocycles. The zero-order valence-electron chi connectivity index (χ0n) is 15.9. The Labute approximate surface area is 157 Å². The zero-order chi connectivity index (χ0) is 18.2. The molecule has 1 heterocycles. The summed E-state index contributed by atoms with van der Waals surface area (Å²) >= 11 is 0. The second-order valence-corrected chi connectivity index (χ2v) is 7.23. The molecular formula is C22H31N3O. The average molecular weight is 354 g/mol. The molecule has 2 N–H and O–H groups in total. The predicted octanol–water partition coefficient (Wildman–Crippen LogP) is 4.79. The van der Waals surface area contributed by atoms with Gasteiger partial charge in [-0.2, -0.15) is 0 Å². The van der Waals surface area contributed by atoms with E-state index in [1.54, 1.807) is 0 Å². The van der Waals surface area contributed by atoms with Crippen LogP contribution in [0.2, 0.25) is 0 Å². The number of hydrogen-bond acceptors (Lipinski definition) is 2. The molecule has 2 aromatic carbocycles. The smallest absolute Gasteiger partial charge is 0.321 e. The highest BCUT2D eigenvalue weighted by atomic mass is 16.2. The van der Waals surface area contributed by atoms with Crippen molar-refractivity contribution in [2.45, 2.75) is 45.4 Å². The molecule has 140 valence electrons. The van der Waals surface area contributed by atoms with Gasteiger partial charge in [-0.1, -0.05) is 56.9 Å². The molecule has 1 aliphatic rings. The Bertz CT molecular complexity index is 722. The molecule has 4 heteroatoms. The first-order chi connectivity index (χ1) is 12.8. The van der Waals surface area contributed by atoms with E-state index in [9.17, 15) is 4.79 Å². The van der Waals surface area contributed by atoms with Crippen molar-refractivity contribution in [1.82, 2.24) is 10.2 Å². The molecule has 0 aliphatic carbocycles. The Morgan fingerprint density at radius 1 is 1.00 bits per heavy atom. The molecule has 0 radical (unpaired) electrons. The largest absolute Gasteiger partial charge is 0.322 e. The quantitative estimate of drug-likeness (QED) is 0.703. The summed E-state index contributed by atoms with van der Waals surface area (Å²) in [6.07, 6.45) is 7.67. The Hall–Kier alpha value is -2.07. The van der Waals surface area contributed by atoms with E-state index in [0.29, 0.717) is 0 Å². The highest BCUT2D eigenvalue weighted by Gasteiger charge is 2.16. The van der Waals surface area contributed by atoms with Gasteiger partial charge >= 0.3 is 6.03 Å². The van der Waals surface area contributed by atoms with Gasteiger partial charge < -0.3 is 15.5 Å². The minimum Gasteiger partial charge on any atom is -0.322 e. The lowest BCUT2D eigenvalue weighted by Gasteiger charge is -2.27. The average Bonchev–Trinajstić information content (AvgIpc) is 2.68. The minimum absolute atomic E-state index is 0.00192. The van der Waals surface area contributed by atoms with E-state index < -0.39 is 0 Å². The van der Waals surface area contributed by atoms with Crippen molar-refractivity contribution >= 4 is 22.5 Å². The van der Waals surface area contributed by atoms with Crippen molar-refractivity contribution in [1.29, 1.82) is 0 Å². The molecule has 1 aliphatic heterocycles. The number of aryl methyl sites for hydroxylation is 1. The van der Waals surface area contributed by atoms with Crippen molar-refractivity contribution in [3.8, 4) is 0 Å². The van der Waals surface area contributed by atoms with Gasteiger partial charge in [0.1, 0.15) is 0 Å². The number of nitrogens with zero attached hydrogens (tertiary/aromatic N) is 1. The van der Waals surface area contributed by atoms with Crippen molar-refractivity contribution in [2.75, 3.05) is 31.5 Å². The van der Waals surface area contributed by atoms with E-state index >= 15 is 0 Å². The van der Waals surface area contributed by atoms with E-state index in [1.807, 2.05) is 11.0 Å². The highest BCUT2D eigenvalue weighted by Crippen LogP contribution is 2.22. The SMILES string of the molecule is CCCCCCCc1ccc2ccc(NC(=O)N3CCNCC3)cc2c1. The predicted molar refractivity (Wildman–Crippen MR) is 110 cm³/mol. The molecule has 4 nitrogen and oxygen atoms in total. The number of fused-ring (bicyclic) bond motifs is 1. The van der Waals surface area contributed by atoms with Gasteiger partial charge in [-0.25, -0.2) is 4.79 Å². The standard InChI is InChI=1S/C22H31N3O/c1-2-3-4-5-6-7-18-8-9-19-10-11-21(17-20(19)16-18)24-22(26)25-14-12-23-13-15-25/h8-11,16-17,23H,2-7,12-15H2,1H3,(H,24,26). The van der Waals surface area contributed by atoms with Crippen LogP contribution in [0.1, 0.15) is 44.6 Å². The number of amides is 2. The second-order valence-electron chi connectivity index (χ2n) is 7.23. The lowest BCUT2D eigenvalue weighted by molar-refractivity contribution is 0.204. The molecule has 3 rings (SSSR count). The monoisotopic (exact) mass is 353 g/mol. The molecule has 2 amide bonds. The summed E-state index contributed by atoms with van der Waals surface area (Å²) in [6.45, 7) is 5.52.